The van der Waals surface area contributed by atoms with Crippen LogP contribution in [0.1, 0.15) is 12.5 Å². The molecule has 1 rings (SSSR count). The summed E-state index contributed by atoms with van der Waals surface area (Å²) in [5, 5.41) is 7.66. The number of nitrogens with one attached hydrogen (secondary N) is 3. The van der Waals surface area contributed by atoms with E-state index in [1.807, 2.05) is 25.2 Å². The number of carbonyl (C=O) groups is 2. The molecule has 0 spiro atoms. The Morgan fingerprint density at radius 3 is 2.79 bits per heavy atom. The highest BCUT2D eigenvalue weighted by Crippen LogP contribution is 2.12. The summed E-state index contributed by atoms with van der Waals surface area (Å²) in [7, 11) is 1.85. The van der Waals surface area contributed by atoms with Crippen molar-refractivity contribution < 1.29 is 14.3 Å². The van der Waals surface area contributed by atoms with E-state index >= 15 is 0 Å². The number of hydrogen-bond donors (Lipinski definition) is 3. The molecule has 0 bridgehead atoms. The second-order valence-corrected chi connectivity index (χ2v) is 3.87. The van der Waals surface area contributed by atoms with Crippen LogP contribution in [0, 0.1) is 0 Å². The summed E-state index contributed by atoms with van der Waals surface area (Å²) in [6.07, 6.45) is 0. The van der Waals surface area contributed by atoms with E-state index < -0.39 is 11.9 Å². The van der Waals surface area contributed by atoms with Gasteiger partial charge in [0.15, 0.2) is 6.61 Å². The molecule has 0 saturated carbocycles. The maximum Gasteiger partial charge on any atom is 0.321 e. The quantitative estimate of drug-likeness (QED) is 0.705. The second-order valence-electron chi connectivity index (χ2n) is 3.87. The molecule has 104 valence electrons. The van der Waals surface area contributed by atoms with Gasteiger partial charge in [-0.3, -0.25) is 10.1 Å². The number of amides is 3. The van der Waals surface area contributed by atoms with Crippen molar-refractivity contribution in [3.63, 3.8) is 0 Å². The van der Waals surface area contributed by atoms with E-state index in [0.29, 0.717) is 12.3 Å². The fourth-order valence-corrected chi connectivity index (χ4v) is 1.47. The third kappa shape index (κ3) is 5.87. The van der Waals surface area contributed by atoms with Gasteiger partial charge in [0.2, 0.25) is 0 Å². The Bertz CT molecular complexity index is 435. The monoisotopic (exact) mass is 265 g/mol. The lowest BCUT2D eigenvalue weighted by atomic mass is 10.2. The maximum atomic E-state index is 11.4. The van der Waals surface area contributed by atoms with Crippen LogP contribution < -0.4 is 20.7 Å². The van der Waals surface area contributed by atoms with Crippen LogP contribution in [0.25, 0.3) is 0 Å². The van der Waals surface area contributed by atoms with Gasteiger partial charge in [-0.2, -0.15) is 0 Å². The molecule has 0 aliphatic carbocycles. The first-order valence-electron chi connectivity index (χ1n) is 6.09. The first-order chi connectivity index (χ1) is 9.15. The Hall–Kier alpha value is -2.08. The van der Waals surface area contributed by atoms with Crippen molar-refractivity contribution in [2.75, 3.05) is 20.2 Å². The zero-order valence-electron chi connectivity index (χ0n) is 11.2. The SMILES string of the molecule is CCNC(=O)NC(=O)COc1cccc(CNC)c1. The lowest BCUT2D eigenvalue weighted by Gasteiger charge is -2.08. The van der Waals surface area contributed by atoms with Gasteiger partial charge < -0.3 is 15.4 Å². The van der Waals surface area contributed by atoms with Gasteiger partial charge in [-0.05, 0) is 31.7 Å². The molecule has 0 atom stereocenters. The highest BCUT2D eigenvalue weighted by molar-refractivity contribution is 5.94. The number of benzene rings is 1. The van der Waals surface area contributed by atoms with Crippen LogP contribution in [-0.2, 0) is 11.3 Å². The molecule has 0 fully saturated rings. The number of ether oxygens (including phenoxy) is 1. The minimum absolute atomic E-state index is 0.194. The van der Waals surface area contributed by atoms with E-state index in [2.05, 4.69) is 16.0 Å². The van der Waals surface area contributed by atoms with Gasteiger partial charge in [0, 0.05) is 13.1 Å². The molecule has 3 amide bonds. The number of rotatable bonds is 6. The lowest BCUT2D eigenvalue weighted by molar-refractivity contribution is -0.122. The van der Waals surface area contributed by atoms with Crippen molar-refractivity contribution in [2.45, 2.75) is 13.5 Å². The summed E-state index contributed by atoms with van der Waals surface area (Å²) in [6, 6.07) is 6.90. The Morgan fingerprint density at radius 1 is 1.32 bits per heavy atom. The van der Waals surface area contributed by atoms with Crippen molar-refractivity contribution in [2.24, 2.45) is 0 Å². The van der Waals surface area contributed by atoms with Crippen LogP contribution in [0.2, 0.25) is 0 Å². The molecule has 0 aliphatic rings. The Balaban J connectivity index is 2.41. The van der Waals surface area contributed by atoms with E-state index in [-0.39, 0.29) is 6.61 Å². The average molecular weight is 265 g/mol. The highest BCUT2D eigenvalue weighted by Gasteiger charge is 2.07. The van der Waals surface area contributed by atoms with Crippen LogP contribution in [0.4, 0.5) is 4.79 Å². The fraction of sp³-hybridized carbons (Fsp3) is 0.385. The molecule has 6 nitrogen and oxygen atoms in total. The fourth-order valence-electron chi connectivity index (χ4n) is 1.47. The first-order valence-corrected chi connectivity index (χ1v) is 6.09. The van der Waals surface area contributed by atoms with Crippen molar-refractivity contribution in [1.82, 2.24) is 16.0 Å². The summed E-state index contributed by atoms with van der Waals surface area (Å²) in [4.78, 5) is 22.5. The minimum Gasteiger partial charge on any atom is -0.484 e. The minimum atomic E-state index is -0.514. The molecule has 1 aromatic carbocycles. The van der Waals surface area contributed by atoms with Crippen molar-refractivity contribution in [3.05, 3.63) is 29.8 Å². The summed E-state index contributed by atoms with van der Waals surface area (Å²) in [6.45, 7) is 2.77. The van der Waals surface area contributed by atoms with E-state index in [9.17, 15) is 9.59 Å². The molecule has 1 aromatic rings. The molecule has 0 radical (unpaired) electrons. The van der Waals surface area contributed by atoms with Gasteiger partial charge >= 0.3 is 6.03 Å². The standard InChI is InChI=1S/C13H19N3O3/c1-3-15-13(18)16-12(17)9-19-11-6-4-5-10(7-11)8-14-2/h4-7,14H,3,8-9H2,1-2H3,(H2,15,16,17,18). The average Bonchev–Trinajstić information content (AvgIpc) is 2.37. The molecule has 0 heterocycles. The normalized spacial score (nSPS) is 9.79. The van der Waals surface area contributed by atoms with E-state index in [0.717, 1.165) is 12.1 Å². The topological polar surface area (TPSA) is 79.5 Å². The summed E-state index contributed by atoms with van der Waals surface area (Å²) in [5.74, 6) is 0.115. The van der Waals surface area contributed by atoms with Gasteiger partial charge in [-0.25, -0.2) is 4.79 Å². The second kappa shape index (κ2) is 8.10. The van der Waals surface area contributed by atoms with E-state index in [4.69, 9.17) is 4.74 Å². The summed E-state index contributed by atoms with van der Waals surface area (Å²) >= 11 is 0. The van der Waals surface area contributed by atoms with Gasteiger partial charge in [-0.1, -0.05) is 12.1 Å². The molecule has 0 aromatic heterocycles. The summed E-state index contributed by atoms with van der Waals surface area (Å²) in [5.41, 5.74) is 1.06. The molecule has 0 unspecified atom stereocenters. The molecule has 0 aliphatic heterocycles. The van der Waals surface area contributed by atoms with Gasteiger partial charge in [0.1, 0.15) is 5.75 Å². The van der Waals surface area contributed by atoms with Crippen molar-refractivity contribution >= 4 is 11.9 Å². The van der Waals surface area contributed by atoms with Gasteiger partial charge in [0.05, 0.1) is 0 Å². The van der Waals surface area contributed by atoms with Gasteiger partial charge in [0.25, 0.3) is 5.91 Å². The molecular weight excluding hydrogens is 246 g/mol. The number of urea groups is 1. The van der Waals surface area contributed by atoms with Crippen LogP contribution >= 0.6 is 0 Å². The predicted octanol–water partition coefficient (Wildman–Crippen LogP) is 0.630. The smallest absolute Gasteiger partial charge is 0.321 e. The molecule has 3 N–H and O–H groups in total. The molecule has 0 saturated heterocycles. The van der Waals surface area contributed by atoms with Crippen molar-refractivity contribution in [1.29, 1.82) is 0 Å². The van der Waals surface area contributed by atoms with E-state index in [1.165, 1.54) is 0 Å². The third-order valence-corrected chi connectivity index (χ3v) is 2.24. The Labute approximate surface area is 112 Å². The lowest BCUT2D eigenvalue weighted by Crippen LogP contribution is -2.41. The maximum absolute atomic E-state index is 11.4. The van der Waals surface area contributed by atoms with Crippen LogP contribution in [-0.4, -0.2) is 32.1 Å². The predicted molar refractivity (Wildman–Crippen MR) is 71.9 cm³/mol. The molecular formula is C13H19N3O3. The summed E-state index contributed by atoms with van der Waals surface area (Å²) < 4.78 is 5.31. The number of imide groups is 1. The zero-order chi connectivity index (χ0) is 14.1. The number of carbonyl (C=O) groups excluding carboxylic acids is 2. The largest absolute Gasteiger partial charge is 0.484 e. The van der Waals surface area contributed by atoms with Crippen molar-refractivity contribution in [3.8, 4) is 5.75 Å². The molecule has 19 heavy (non-hydrogen) atoms. The Morgan fingerprint density at radius 2 is 2.11 bits per heavy atom. The van der Waals surface area contributed by atoms with Gasteiger partial charge in [-0.15, -0.1) is 0 Å². The first kappa shape index (κ1) is 15.0. The van der Waals surface area contributed by atoms with Crippen LogP contribution in [0.5, 0.6) is 5.75 Å². The third-order valence-electron chi connectivity index (χ3n) is 2.24. The van der Waals surface area contributed by atoms with E-state index in [1.54, 1.807) is 13.0 Å². The zero-order valence-corrected chi connectivity index (χ0v) is 11.2. The Kier molecular flexibility index (Phi) is 6.38. The van der Waals surface area contributed by atoms with Crippen LogP contribution in [0.15, 0.2) is 24.3 Å². The molecule has 6 heteroatoms. The number of hydrogen-bond acceptors (Lipinski definition) is 4. The van der Waals surface area contributed by atoms with Crippen LogP contribution in [0.3, 0.4) is 0 Å². The highest BCUT2D eigenvalue weighted by atomic mass is 16.5.